The first kappa shape index (κ1) is 27.1. The summed E-state index contributed by atoms with van der Waals surface area (Å²) in [7, 11) is 0. The maximum Gasteiger partial charge on any atom is 0.166 e. The fourth-order valence-corrected chi connectivity index (χ4v) is 3.93. The molecule has 2 nitrogen and oxygen atoms in total. The van der Waals surface area contributed by atoms with Crippen LogP contribution in [-0.4, -0.2) is 5.78 Å². The van der Waals surface area contributed by atoms with Gasteiger partial charge in [0.2, 0.25) is 0 Å². The van der Waals surface area contributed by atoms with Crippen LogP contribution in [0.4, 0.5) is 0 Å². The number of hydrogen-bond acceptors (Lipinski definition) is 2. The van der Waals surface area contributed by atoms with Gasteiger partial charge in [-0.3, -0.25) is 4.79 Å². The van der Waals surface area contributed by atoms with Gasteiger partial charge in [0.25, 0.3) is 0 Å². The van der Waals surface area contributed by atoms with Gasteiger partial charge in [-0.05, 0) is 68.0 Å². The number of aryl methyl sites for hydroxylation is 1. The van der Waals surface area contributed by atoms with Crippen molar-refractivity contribution >= 4 is 11.4 Å². The second-order valence-corrected chi connectivity index (χ2v) is 8.51. The van der Waals surface area contributed by atoms with Crippen LogP contribution in [0.25, 0.3) is 5.57 Å². The summed E-state index contributed by atoms with van der Waals surface area (Å²) in [5, 5.41) is 0. The summed E-state index contributed by atoms with van der Waals surface area (Å²) in [6.07, 6.45) is 5.85. The van der Waals surface area contributed by atoms with Crippen LogP contribution in [0.15, 0.2) is 85.4 Å². The minimum Gasteiger partial charge on any atom is -0.457 e. The number of hydrogen-bond donors (Lipinski definition) is 0. The van der Waals surface area contributed by atoms with Crippen molar-refractivity contribution in [3.63, 3.8) is 0 Å². The first-order valence-electron chi connectivity index (χ1n) is 12.7. The lowest BCUT2D eigenvalue weighted by atomic mass is 9.87. The summed E-state index contributed by atoms with van der Waals surface area (Å²) in [6, 6.07) is 25.8. The van der Waals surface area contributed by atoms with Crippen molar-refractivity contribution in [1.82, 2.24) is 0 Å². The summed E-state index contributed by atoms with van der Waals surface area (Å²) in [5.41, 5.74) is 4.32. The Morgan fingerprint density at radius 3 is 2.15 bits per heavy atom. The van der Waals surface area contributed by atoms with Crippen LogP contribution < -0.4 is 4.74 Å². The predicted octanol–water partition coefficient (Wildman–Crippen LogP) is 9.69. The van der Waals surface area contributed by atoms with Crippen molar-refractivity contribution in [3.8, 4) is 11.5 Å². The fraction of sp³-hybridized carbons (Fsp3) is 0.344. The van der Waals surface area contributed by atoms with Gasteiger partial charge in [0.15, 0.2) is 5.78 Å². The zero-order valence-corrected chi connectivity index (χ0v) is 21.3. The number of Topliss-reactive ketones (excluding diaryl/α,β-unsaturated/α-hetero) is 1. The SMILES string of the molecule is C=C(CCCC(CCCC)C(=O)c1cccc(Oc2ccccc2)c1)c1ccc(C)cc1.CC. The van der Waals surface area contributed by atoms with E-state index in [2.05, 4.69) is 44.7 Å². The van der Waals surface area contributed by atoms with Crippen molar-refractivity contribution in [2.24, 2.45) is 5.92 Å². The van der Waals surface area contributed by atoms with Gasteiger partial charge in [-0.25, -0.2) is 0 Å². The zero-order chi connectivity index (χ0) is 24.8. The molecule has 0 spiro atoms. The van der Waals surface area contributed by atoms with Crippen molar-refractivity contribution in [1.29, 1.82) is 0 Å². The van der Waals surface area contributed by atoms with Crippen LogP contribution in [-0.2, 0) is 0 Å². The second-order valence-electron chi connectivity index (χ2n) is 8.51. The first-order chi connectivity index (χ1) is 16.6. The molecule has 0 aliphatic carbocycles. The van der Waals surface area contributed by atoms with Gasteiger partial charge in [0, 0.05) is 11.5 Å². The number of benzene rings is 3. The lowest BCUT2D eigenvalue weighted by Crippen LogP contribution is -2.15. The molecule has 0 aromatic heterocycles. The van der Waals surface area contributed by atoms with E-state index in [0.717, 1.165) is 55.4 Å². The number of ketones is 1. The average Bonchev–Trinajstić information content (AvgIpc) is 2.88. The highest BCUT2D eigenvalue weighted by Crippen LogP contribution is 2.28. The Labute approximate surface area is 206 Å². The van der Waals surface area contributed by atoms with Gasteiger partial charge >= 0.3 is 0 Å². The monoisotopic (exact) mass is 456 g/mol. The van der Waals surface area contributed by atoms with Crippen molar-refractivity contribution in [2.45, 2.75) is 66.2 Å². The highest BCUT2D eigenvalue weighted by atomic mass is 16.5. The maximum absolute atomic E-state index is 13.4. The average molecular weight is 457 g/mol. The molecular formula is C32H40O2. The molecule has 0 radical (unpaired) electrons. The van der Waals surface area contributed by atoms with Crippen LogP contribution in [0.2, 0.25) is 0 Å². The minimum absolute atomic E-state index is 0.0349. The molecule has 0 aliphatic rings. The van der Waals surface area contributed by atoms with Gasteiger partial charge in [-0.1, -0.05) is 100 Å². The third-order valence-corrected chi connectivity index (χ3v) is 5.87. The third kappa shape index (κ3) is 8.67. The van der Waals surface area contributed by atoms with Crippen LogP contribution in [0.3, 0.4) is 0 Å². The Morgan fingerprint density at radius 1 is 0.824 bits per heavy atom. The summed E-state index contributed by atoms with van der Waals surface area (Å²) in [5.74, 6) is 1.73. The van der Waals surface area contributed by atoms with Gasteiger partial charge in [-0.2, -0.15) is 0 Å². The van der Waals surface area contributed by atoms with E-state index in [1.54, 1.807) is 0 Å². The molecule has 1 atom stereocenters. The van der Waals surface area contributed by atoms with Crippen molar-refractivity contribution < 1.29 is 9.53 Å². The quantitative estimate of drug-likeness (QED) is 0.253. The van der Waals surface area contributed by atoms with E-state index < -0.39 is 0 Å². The largest absolute Gasteiger partial charge is 0.457 e. The second kappa shape index (κ2) is 14.9. The summed E-state index contributed by atoms with van der Waals surface area (Å²) >= 11 is 0. The molecule has 0 N–H and O–H groups in total. The van der Waals surface area contributed by atoms with E-state index in [1.165, 1.54) is 11.1 Å². The van der Waals surface area contributed by atoms with Crippen LogP contribution in [0, 0.1) is 12.8 Å². The summed E-state index contributed by atoms with van der Waals surface area (Å²) in [6.45, 7) is 12.5. The normalized spacial score (nSPS) is 11.2. The van der Waals surface area contributed by atoms with E-state index >= 15 is 0 Å². The molecule has 3 aromatic rings. The minimum atomic E-state index is 0.0349. The molecule has 0 saturated heterocycles. The molecule has 0 heterocycles. The Kier molecular flexibility index (Phi) is 11.9. The van der Waals surface area contributed by atoms with Crippen LogP contribution in [0.5, 0.6) is 11.5 Å². The molecule has 0 saturated carbocycles. The van der Waals surface area contributed by atoms with Gasteiger partial charge < -0.3 is 4.74 Å². The Balaban J connectivity index is 0.00000199. The highest BCUT2D eigenvalue weighted by Gasteiger charge is 2.20. The molecule has 3 aromatic carbocycles. The highest BCUT2D eigenvalue weighted by molar-refractivity contribution is 5.98. The van der Waals surface area contributed by atoms with Crippen molar-refractivity contribution in [3.05, 3.63) is 102 Å². The molecule has 0 fully saturated rings. The van der Waals surface area contributed by atoms with E-state index in [0.29, 0.717) is 5.75 Å². The van der Waals surface area contributed by atoms with Crippen LogP contribution >= 0.6 is 0 Å². The summed E-state index contributed by atoms with van der Waals surface area (Å²) < 4.78 is 5.94. The zero-order valence-electron chi connectivity index (χ0n) is 21.3. The number of unbranched alkanes of at least 4 members (excludes halogenated alkanes) is 1. The molecular weight excluding hydrogens is 416 g/mol. The molecule has 0 bridgehead atoms. The molecule has 2 heteroatoms. The lowest BCUT2D eigenvalue weighted by molar-refractivity contribution is 0.0903. The van der Waals surface area contributed by atoms with E-state index in [-0.39, 0.29) is 11.7 Å². The fourth-order valence-electron chi connectivity index (χ4n) is 3.93. The molecule has 34 heavy (non-hydrogen) atoms. The molecule has 1 unspecified atom stereocenters. The maximum atomic E-state index is 13.4. The van der Waals surface area contributed by atoms with Gasteiger partial charge in [0.05, 0.1) is 0 Å². The van der Waals surface area contributed by atoms with E-state index in [9.17, 15) is 4.79 Å². The van der Waals surface area contributed by atoms with E-state index in [1.807, 2.05) is 68.4 Å². The Bertz CT molecular complexity index is 1000. The Hall–Kier alpha value is -3.13. The number of rotatable bonds is 12. The summed E-state index contributed by atoms with van der Waals surface area (Å²) in [4.78, 5) is 13.4. The van der Waals surface area contributed by atoms with Gasteiger partial charge in [0.1, 0.15) is 11.5 Å². The molecule has 180 valence electrons. The number of carbonyl (C=O) groups is 1. The number of allylic oxidation sites excluding steroid dienone is 1. The number of carbonyl (C=O) groups excluding carboxylic acids is 1. The third-order valence-electron chi connectivity index (χ3n) is 5.87. The molecule has 3 rings (SSSR count). The number of para-hydroxylation sites is 1. The predicted molar refractivity (Wildman–Crippen MR) is 146 cm³/mol. The standard InChI is InChI=1S/C30H34O2.C2H6/c1-4-5-12-26(13-9-11-24(3)25-20-18-23(2)19-21-25)30(31)27-14-10-17-29(22-27)32-28-15-7-6-8-16-28;1-2/h6-8,10,14-22,26H,3-5,9,11-13H2,1-2H3;1-2H3. The van der Waals surface area contributed by atoms with Gasteiger partial charge in [-0.15, -0.1) is 0 Å². The molecule has 0 aliphatic heterocycles. The first-order valence-corrected chi connectivity index (χ1v) is 12.7. The smallest absolute Gasteiger partial charge is 0.166 e. The van der Waals surface area contributed by atoms with Crippen LogP contribution in [0.1, 0.15) is 80.8 Å². The number of ether oxygens (including phenoxy) is 1. The van der Waals surface area contributed by atoms with Crippen molar-refractivity contribution in [2.75, 3.05) is 0 Å². The topological polar surface area (TPSA) is 26.3 Å². The van der Waals surface area contributed by atoms with E-state index in [4.69, 9.17) is 4.74 Å². The molecule has 0 amide bonds. The lowest BCUT2D eigenvalue weighted by Gasteiger charge is -2.17. The Morgan fingerprint density at radius 2 is 1.47 bits per heavy atom.